The van der Waals surface area contributed by atoms with Crippen molar-refractivity contribution in [2.45, 2.75) is 33.6 Å². The van der Waals surface area contributed by atoms with Gasteiger partial charge >= 0.3 is 0 Å². The van der Waals surface area contributed by atoms with E-state index in [1.54, 1.807) is 0 Å². The first-order chi connectivity index (χ1) is 12.1. The summed E-state index contributed by atoms with van der Waals surface area (Å²) in [5.74, 6) is 0.638. The van der Waals surface area contributed by atoms with E-state index in [0.29, 0.717) is 25.3 Å². The molecule has 2 aromatic carbocycles. The summed E-state index contributed by atoms with van der Waals surface area (Å²) in [5.41, 5.74) is 6.67. The van der Waals surface area contributed by atoms with Gasteiger partial charge in [0.15, 0.2) is 0 Å². The topological polar surface area (TPSA) is 45.9 Å². The molecule has 0 spiro atoms. The SMILES string of the molecule is Cc1ccc(-c2cc3c(C)cc(C)cc3nc2OCCCC#N)cc1. The molecule has 0 amide bonds. The molecular formula is C22H22N2O. The number of ether oxygens (including phenoxy) is 1. The van der Waals surface area contributed by atoms with Gasteiger partial charge in [0.2, 0.25) is 5.88 Å². The van der Waals surface area contributed by atoms with Gasteiger partial charge in [-0.2, -0.15) is 5.26 Å². The summed E-state index contributed by atoms with van der Waals surface area (Å²) in [5, 5.41) is 9.85. The summed E-state index contributed by atoms with van der Waals surface area (Å²) in [6, 6.07) is 17.0. The zero-order chi connectivity index (χ0) is 17.8. The van der Waals surface area contributed by atoms with Gasteiger partial charge in [-0.1, -0.05) is 35.9 Å². The van der Waals surface area contributed by atoms with E-state index in [-0.39, 0.29) is 0 Å². The Morgan fingerprint density at radius 2 is 1.76 bits per heavy atom. The number of pyridine rings is 1. The van der Waals surface area contributed by atoms with Gasteiger partial charge in [-0.05, 0) is 56.0 Å². The van der Waals surface area contributed by atoms with Crippen LogP contribution in [-0.4, -0.2) is 11.6 Å². The fraction of sp³-hybridized carbons (Fsp3) is 0.273. The third-order valence-electron chi connectivity index (χ3n) is 4.28. The second kappa shape index (κ2) is 7.36. The molecule has 0 saturated heterocycles. The van der Waals surface area contributed by atoms with Crippen molar-refractivity contribution in [1.82, 2.24) is 4.98 Å². The van der Waals surface area contributed by atoms with Crippen molar-refractivity contribution < 1.29 is 4.74 Å². The molecule has 0 saturated carbocycles. The third kappa shape index (κ3) is 3.80. The van der Waals surface area contributed by atoms with Crippen LogP contribution in [0.5, 0.6) is 5.88 Å². The van der Waals surface area contributed by atoms with Gasteiger partial charge in [0.25, 0.3) is 0 Å². The van der Waals surface area contributed by atoms with Gasteiger partial charge in [0.05, 0.1) is 18.2 Å². The largest absolute Gasteiger partial charge is 0.477 e. The van der Waals surface area contributed by atoms with Crippen molar-refractivity contribution in [1.29, 1.82) is 5.26 Å². The van der Waals surface area contributed by atoms with Crippen LogP contribution in [0.3, 0.4) is 0 Å². The Labute approximate surface area is 148 Å². The van der Waals surface area contributed by atoms with Crippen LogP contribution in [0.15, 0.2) is 42.5 Å². The number of hydrogen-bond acceptors (Lipinski definition) is 3. The fourth-order valence-electron chi connectivity index (χ4n) is 2.98. The van der Waals surface area contributed by atoms with E-state index in [4.69, 9.17) is 15.0 Å². The summed E-state index contributed by atoms with van der Waals surface area (Å²) in [6.07, 6.45) is 1.20. The van der Waals surface area contributed by atoms with E-state index in [2.05, 4.69) is 69.3 Å². The van der Waals surface area contributed by atoms with Gasteiger partial charge < -0.3 is 4.74 Å². The average Bonchev–Trinajstić information content (AvgIpc) is 2.59. The Bertz CT molecular complexity index is 937. The van der Waals surface area contributed by atoms with Gasteiger partial charge in [0.1, 0.15) is 0 Å². The number of hydrogen-bond donors (Lipinski definition) is 0. The zero-order valence-electron chi connectivity index (χ0n) is 15.0. The number of fused-ring (bicyclic) bond motifs is 1. The minimum atomic E-state index is 0.492. The highest BCUT2D eigenvalue weighted by molar-refractivity contribution is 5.89. The zero-order valence-corrected chi connectivity index (χ0v) is 15.0. The van der Waals surface area contributed by atoms with Crippen LogP contribution in [0, 0.1) is 32.1 Å². The first-order valence-corrected chi connectivity index (χ1v) is 8.57. The molecule has 3 aromatic rings. The molecule has 0 aliphatic rings. The first-order valence-electron chi connectivity index (χ1n) is 8.57. The lowest BCUT2D eigenvalue weighted by atomic mass is 10.00. The lowest BCUT2D eigenvalue weighted by Crippen LogP contribution is -2.01. The highest BCUT2D eigenvalue weighted by atomic mass is 16.5. The van der Waals surface area contributed by atoms with Crippen molar-refractivity contribution >= 4 is 10.9 Å². The quantitative estimate of drug-likeness (QED) is 0.579. The van der Waals surface area contributed by atoms with Gasteiger partial charge in [-0.15, -0.1) is 0 Å². The van der Waals surface area contributed by atoms with Crippen LogP contribution in [-0.2, 0) is 0 Å². The van der Waals surface area contributed by atoms with Crippen molar-refractivity contribution in [2.24, 2.45) is 0 Å². The lowest BCUT2D eigenvalue weighted by Gasteiger charge is -2.14. The number of nitrogens with zero attached hydrogens (tertiary/aromatic N) is 2. The van der Waals surface area contributed by atoms with E-state index >= 15 is 0 Å². The highest BCUT2D eigenvalue weighted by Gasteiger charge is 2.12. The van der Waals surface area contributed by atoms with Gasteiger partial charge in [-0.25, -0.2) is 4.98 Å². The van der Waals surface area contributed by atoms with E-state index in [1.165, 1.54) is 16.7 Å². The van der Waals surface area contributed by atoms with E-state index in [0.717, 1.165) is 22.0 Å². The minimum Gasteiger partial charge on any atom is -0.477 e. The second-order valence-corrected chi connectivity index (χ2v) is 6.47. The third-order valence-corrected chi connectivity index (χ3v) is 4.28. The number of benzene rings is 2. The van der Waals surface area contributed by atoms with Crippen LogP contribution in [0.25, 0.3) is 22.0 Å². The maximum atomic E-state index is 8.70. The van der Waals surface area contributed by atoms with Gasteiger partial charge in [0, 0.05) is 17.4 Å². The average molecular weight is 330 g/mol. The smallest absolute Gasteiger partial charge is 0.221 e. The van der Waals surface area contributed by atoms with E-state index in [9.17, 15) is 0 Å². The summed E-state index contributed by atoms with van der Waals surface area (Å²) < 4.78 is 5.95. The molecule has 1 aromatic heterocycles. The molecule has 0 unspecified atom stereocenters. The Hall–Kier alpha value is -2.86. The maximum absolute atomic E-state index is 8.70. The molecule has 25 heavy (non-hydrogen) atoms. The number of aryl methyl sites for hydroxylation is 3. The Morgan fingerprint density at radius 1 is 1.00 bits per heavy atom. The first kappa shape index (κ1) is 17.0. The van der Waals surface area contributed by atoms with Crippen LogP contribution >= 0.6 is 0 Å². The van der Waals surface area contributed by atoms with E-state index < -0.39 is 0 Å². The van der Waals surface area contributed by atoms with Crippen LogP contribution in [0.2, 0.25) is 0 Å². The van der Waals surface area contributed by atoms with Crippen LogP contribution in [0.4, 0.5) is 0 Å². The van der Waals surface area contributed by atoms with Crippen molar-refractivity contribution in [2.75, 3.05) is 6.61 Å². The van der Waals surface area contributed by atoms with Crippen molar-refractivity contribution in [3.63, 3.8) is 0 Å². The molecular weight excluding hydrogens is 308 g/mol. The summed E-state index contributed by atoms with van der Waals surface area (Å²) >= 11 is 0. The summed E-state index contributed by atoms with van der Waals surface area (Å²) in [6.45, 7) is 6.77. The normalized spacial score (nSPS) is 10.6. The molecule has 0 bridgehead atoms. The molecule has 0 aliphatic heterocycles. The van der Waals surface area contributed by atoms with E-state index in [1.807, 2.05) is 0 Å². The minimum absolute atomic E-state index is 0.492. The molecule has 0 atom stereocenters. The molecule has 3 rings (SSSR count). The van der Waals surface area contributed by atoms with Gasteiger partial charge in [-0.3, -0.25) is 0 Å². The predicted octanol–water partition coefficient (Wildman–Crippen LogP) is 5.51. The maximum Gasteiger partial charge on any atom is 0.221 e. The molecule has 1 heterocycles. The summed E-state index contributed by atoms with van der Waals surface area (Å²) in [4.78, 5) is 4.79. The number of rotatable bonds is 5. The Morgan fingerprint density at radius 3 is 2.48 bits per heavy atom. The standard InChI is InChI=1S/C22H22N2O/c1-15-6-8-18(9-7-15)20-14-19-17(3)12-16(2)13-21(19)24-22(20)25-11-5-4-10-23/h6-9,12-14H,4-5,11H2,1-3H3. The molecule has 0 aliphatic carbocycles. The lowest BCUT2D eigenvalue weighted by molar-refractivity contribution is 0.303. The number of unbranched alkanes of at least 4 members (excludes halogenated alkanes) is 1. The molecule has 0 fully saturated rings. The Balaban J connectivity index is 2.10. The molecule has 0 N–H and O–H groups in total. The highest BCUT2D eigenvalue weighted by Crippen LogP contribution is 2.33. The molecule has 0 radical (unpaired) electrons. The fourth-order valence-corrected chi connectivity index (χ4v) is 2.98. The molecule has 3 nitrogen and oxygen atoms in total. The molecule has 126 valence electrons. The monoisotopic (exact) mass is 330 g/mol. The molecule has 3 heteroatoms. The number of nitriles is 1. The number of aromatic nitrogens is 1. The Kier molecular flexibility index (Phi) is 5.00. The van der Waals surface area contributed by atoms with Crippen LogP contribution < -0.4 is 4.74 Å². The van der Waals surface area contributed by atoms with Crippen LogP contribution in [0.1, 0.15) is 29.5 Å². The predicted molar refractivity (Wildman–Crippen MR) is 102 cm³/mol. The van der Waals surface area contributed by atoms with Crippen molar-refractivity contribution in [3.05, 3.63) is 59.2 Å². The summed E-state index contributed by atoms with van der Waals surface area (Å²) in [7, 11) is 0. The van der Waals surface area contributed by atoms with Crippen molar-refractivity contribution in [3.8, 4) is 23.1 Å². The second-order valence-electron chi connectivity index (χ2n) is 6.47.